The number of fused-ring (bicyclic) bond motifs is 1. The summed E-state index contributed by atoms with van der Waals surface area (Å²) in [4.78, 5) is 26.7. The Hall–Kier alpha value is -2.51. The number of aryl methyl sites for hydroxylation is 1. The lowest BCUT2D eigenvalue weighted by Crippen LogP contribution is -2.43. The van der Waals surface area contributed by atoms with Gasteiger partial charge < -0.3 is 4.90 Å². The van der Waals surface area contributed by atoms with Crippen molar-refractivity contribution >= 4 is 21.7 Å². The fourth-order valence-electron chi connectivity index (χ4n) is 4.21. The van der Waals surface area contributed by atoms with Crippen LogP contribution in [0.15, 0.2) is 53.4 Å². The quantitative estimate of drug-likeness (QED) is 0.638. The van der Waals surface area contributed by atoms with Gasteiger partial charge in [0, 0.05) is 18.7 Å². The second-order valence-electron chi connectivity index (χ2n) is 8.13. The third-order valence-electron chi connectivity index (χ3n) is 5.99. The monoisotopic (exact) mass is 426 g/mol. The molecule has 0 N–H and O–H groups in total. The maximum absolute atomic E-state index is 13.2. The lowest BCUT2D eigenvalue weighted by molar-refractivity contribution is -0.134. The molecule has 0 aromatic heterocycles. The lowest BCUT2D eigenvalue weighted by atomic mass is 10.1. The molecule has 2 aromatic carbocycles. The number of likely N-dealkylation sites (N-methyl/N-ethyl adjacent to an activating group) is 1. The second-order valence-corrected chi connectivity index (χ2v) is 10.2. The van der Waals surface area contributed by atoms with Crippen LogP contribution in [0.25, 0.3) is 0 Å². The van der Waals surface area contributed by atoms with Crippen molar-refractivity contribution in [1.82, 2.24) is 9.21 Å². The molecule has 1 saturated carbocycles. The molecule has 0 heterocycles. The summed E-state index contributed by atoms with van der Waals surface area (Å²) in [5.74, 6) is -0.287. The molecule has 0 aliphatic heterocycles. The van der Waals surface area contributed by atoms with Gasteiger partial charge in [-0.3, -0.25) is 9.59 Å². The number of hydrogen-bond donors (Lipinski definition) is 0. The smallest absolute Gasteiger partial charge is 0.243 e. The fourth-order valence-corrected chi connectivity index (χ4v) is 5.33. The van der Waals surface area contributed by atoms with Gasteiger partial charge in [0.1, 0.15) is 0 Å². The van der Waals surface area contributed by atoms with Gasteiger partial charge in [0.2, 0.25) is 15.9 Å². The van der Waals surface area contributed by atoms with E-state index < -0.39 is 10.0 Å². The molecule has 2 aromatic rings. The molecule has 0 spiro atoms. The van der Waals surface area contributed by atoms with Gasteiger partial charge in [0.15, 0.2) is 5.78 Å². The number of Topliss-reactive ketones (excluding diaryl/α,β-unsaturated/α-hetero) is 1. The van der Waals surface area contributed by atoms with Crippen molar-refractivity contribution in [2.45, 2.75) is 49.6 Å². The van der Waals surface area contributed by atoms with Crippen molar-refractivity contribution in [2.75, 3.05) is 13.6 Å². The number of hydrogen-bond acceptors (Lipinski definition) is 4. The van der Waals surface area contributed by atoms with E-state index in [1.54, 1.807) is 0 Å². The van der Waals surface area contributed by atoms with Crippen LogP contribution < -0.4 is 0 Å². The molecule has 1 fully saturated rings. The van der Waals surface area contributed by atoms with Gasteiger partial charge in [0.25, 0.3) is 0 Å². The van der Waals surface area contributed by atoms with Gasteiger partial charge in [-0.25, -0.2) is 8.42 Å². The van der Waals surface area contributed by atoms with Crippen LogP contribution in [0.2, 0.25) is 0 Å². The maximum Gasteiger partial charge on any atom is 0.243 e. The van der Waals surface area contributed by atoms with Crippen LogP contribution in [0, 0.1) is 0 Å². The van der Waals surface area contributed by atoms with E-state index in [1.807, 2.05) is 17.0 Å². The molecular weight excluding hydrogens is 400 g/mol. The van der Waals surface area contributed by atoms with E-state index in [1.165, 1.54) is 49.4 Å². The summed E-state index contributed by atoms with van der Waals surface area (Å²) in [6, 6.07) is 14.2. The number of rotatable bonds is 7. The average Bonchev–Trinajstić information content (AvgIpc) is 3.47. The van der Waals surface area contributed by atoms with E-state index in [9.17, 15) is 18.0 Å². The zero-order chi connectivity index (χ0) is 21.5. The van der Waals surface area contributed by atoms with E-state index in [-0.39, 0.29) is 35.2 Å². The van der Waals surface area contributed by atoms with E-state index in [4.69, 9.17) is 0 Å². The largest absolute Gasteiger partial charge is 0.332 e. The average molecular weight is 427 g/mol. The number of carbonyl (C=O) groups excluding carboxylic acids is 2. The van der Waals surface area contributed by atoms with Crippen LogP contribution in [0.1, 0.15) is 53.7 Å². The molecule has 158 valence electrons. The normalized spacial score (nSPS) is 18.3. The standard InChI is InChI=1S/C23H26N2O4S/c1-16(26)17-7-12-20(13-8-17)30(28,29)24(2)15-23(27)25(19-10-11-19)22-14-9-18-5-3-4-6-21(18)22/h3-8,12-13,19,22H,9-11,14-15H2,1-2H3. The molecular formula is C23H26N2O4S. The minimum Gasteiger partial charge on any atom is -0.332 e. The SMILES string of the molecule is CC(=O)c1ccc(S(=O)(=O)N(C)CC(=O)N(C2CC2)C2CCc3ccccc32)cc1. The van der Waals surface area contributed by atoms with Gasteiger partial charge in [-0.1, -0.05) is 36.4 Å². The van der Waals surface area contributed by atoms with Crippen LogP contribution >= 0.6 is 0 Å². The van der Waals surface area contributed by atoms with Gasteiger partial charge in [0.05, 0.1) is 17.5 Å². The summed E-state index contributed by atoms with van der Waals surface area (Å²) in [5.41, 5.74) is 2.91. The van der Waals surface area contributed by atoms with Crippen LogP contribution in [-0.2, 0) is 21.2 Å². The Morgan fingerprint density at radius 3 is 2.30 bits per heavy atom. The van der Waals surface area contributed by atoms with Crippen molar-refractivity contribution < 1.29 is 18.0 Å². The highest BCUT2D eigenvalue weighted by Crippen LogP contribution is 2.41. The number of ketones is 1. The zero-order valence-electron chi connectivity index (χ0n) is 17.2. The Morgan fingerprint density at radius 1 is 1.00 bits per heavy atom. The molecule has 0 saturated heterocycles. The van der Waals surface area contributed by atoms with Gasteiger partial charge in [-0.05, 0) is 55.9 Å². The Balaban J connectivity index is 1.52. The minimum absolute atomic E-state index is 0.0205. The molecule has 0 bridgehead atoms. The van der Waals surface area contributed by atoms with E-state index in [0.717, 1.165) is 30.0 Å². The number of sulfonamides is 1. The zero-order valence-corrected chi connectivity index (χ0v) is 18.1. The third kappa shape index (κ3) is 3.91. The molecule has 1 unspecified atom stereocenters. The fraction of sp³-hybridized carbons (Fsp3) is 0.391. The molecule has 7 heteroatoms. The molecule has 1 amide bonds. The molecule has 2 aliphatic carbocycles. The van der Waals surface area contributed by atoms with E-state index in [0.29, 0.717) is 5.56 Å². The van der Waals surface area contributed by atoms with E-state index in [2.05, 4.69) is 12.1 Å². The third-order valence-corrected chi connectivity index (χ3v) is 7.81. The maximum atomic E-state index is 13.2. The second kappa shape index (κ2) is 7.96. The van der Waals surface area contributed by atoms with Gasteiger partial charge >= 0.3 is 0 Å². The summed E-state index contributed by atoms with van der Waals surface area (Å²) < 4.78 is 27.0. The first kappa shape index (κ1) is 20.8. The first-order valence-corrected chi connectivity index (χ1v) is 11.7. The van der Waals surface area contributed by atoms with Crippen molar-refractivity contribution in [3.05, 3.63) is 65.2 Å². The van der Waals surface area contributed by atoms with E-state index >= 15 is 0 Å². The van der Waals surface area contributed by atoms with Crippen LogP contribution in [-0.4, -0.2) is 48.9 Å². The van der Waals surface area contributed by atoms with Crippen molar-refractivity contribution in [3.8, 4) is 0 Å². The molecule has 1 atom stereocenters. The molecule has 6 nitrogen and oxygen atoms in total. The Labute approximate surface area is 177 Å². The summed E-state index contributed by atoms with van der Waals surface area (Å²) in [6.07, 6.45) is 3.75. The van der Waals surface area contributed by atoms with Gasteiger partial charge in [-0.2, -0.15) is 4.31 Å². The van der Waals surface area contributed by atoms with Crippen LogP contribution in [0.4, 0.5) is 0 Å². The Morgan fingerprint density at radius 2 is 1.67 bits per heavy atom. The number of carbonyl (C=O) groups is 2. The Bertz CT molecular complexity index is 1070. The molecule has 2 aliphatic rings. The highest BCUT2D eigenvalue weighted by molar-refractivity contribution is 7.89. The van der Waals surface area contributed by atoms with Crippen molar-refractivity contribution in [3.63, 3.8) is 0 Å². The minimum atomic E-state index is -3.82. The number of benzene rings is 2. The summed E-state index contributed by atoms with van der Waals surface area (Å²) in [6.45, 7) is 1.23. The predicted molar refractivity (Wildman–Crippen MR) is 114 cm³/mol. The first-order valence-electron chi connectivity index (χ1n) is 10.3. The lowest BCUT2D eigenvalue weighted by Gasteiger charge is -2.31. The first-order chi connectivity index (χ1) is 14.3. The number of nitrogens with zero attached hydrogens (tertiary/aromatic N) is 2. The topological polar surface area (TPSA) is 74.8 Å². The number of amides is 1. The highest BCUT2D eigenvalue weighted by atomic mass is 32.2. The molecule has 4 rings (SSSR count). The van der Waals surface area contributed by atoms with Crippen LogP contribution in [0.5, 0.6) is 0 Å². The van der Waals surface area contributed by atoms with Gasteiger partial charge in [-0.15, -0.1) is 0 Å². The Kier molecular flexibility index (Phi) is 5.51. The molecule has 0 radical (unpaired) electrons. The highest BCUT2D eigenvalue weighted by Gasteiger charge is 2.41. The van der Waals surface area contributed by atoms with Crippen LogP contribution in [0.3, 0.4) is 0 Å². The van der Waals surface area contributed by atoms with Crippen molar-refractivity contribution in [1.29, 1.82) is 0 Å². The molecule has 30 heavy (non-hydrogen) atoms. The summed E-state index contributed by atoms with van der Waals surface area (Å²) in [5, 5.41) is 0. The predicted octanol–water partition coefficient (Wildman–Crippen LogP) is 3.19. The summed E-state index contributed by atoms with van der Waals surface area (Å²) in [7, 11) is -2.39. The van der Waals surface area contributed by atoms with Crippen molar-refractivity contribution in [2.24, 2.45) is 0 Å². The summed E-state index contributed by atoms with van der Waals surface area (Å²) >= 11 is 0.